The zero-order chi connectivity index (χ0) is 39.5. The van der Waals surface area contributed by atoms with Gasteiger partial charge in [0.15, 0.2) is 24.1 Å². The minimum absolute atomic E-state index is 0.0497. The number of rotatable bonds is 23. The summed E-state index contributed by atoms with van der Waals surface area (Å²) in [6, 6.07) is 22.5. The Hall–Kier alpha value is -4.54. The molecular weight excluding hydrogens is 701 g/mol. The van der Waals surface area contributed by atoms with Gasteiger partial charge in [-0.1, -0.05) is 73.5 Å². The lowest BCUT2D eigenvalue weighted by Crippen LogP contribution is -2.35. The van der Waals surface area contributed by atoms with Crippen molar-refractivity contribution >= 4 is 17.6 Å². The van der Waals surface area contributed by atoms with E-state index >= 15 is 0 Å². The number of hydrogen-bond acceptors (Lipinski definition) is 9. The van der Waals surface area contributed by atoms with E-state index in [-0.39, 0.29) is 35.7 Å². The number of unbranched alkanes of at least 4 members (excludes halogenated alkanes) is 2. The Kier molecular flexibility index (Phi) is 17.4. The van der Waals surface area contributed by atoms with Crippen LogP contribution in [0.5, 0.6) is 11.5 Å². The van der Waals surface area contributed by atoms with Crippen LogP contribution in [0.4, 0.5) is 0 Å². The van der Waals surface area contributed by atoms with Crippen LogP contribution in [0, 0.1) is 11.8 Å². The van der Waals surface area contributed by atoms with Crippen molar-refractivity contribution in [1.29, 1.82) is 0 Å². The molecule has 1 fully saturated rings. The third-order valence-electron chi connectivity index (χ3n) is 11.2. The Labute approximate surface area is 333 Å². The molecule has 1 saturated heterocycles. The highest BCUT2D eigenvalue weighted by Crippen LogP contribution is 2.34. The fourth-order valence-electron chi connectivity index (χ4n) is 8.06. The molecule has 0 aliphatic carbocycles. The van der Waals surface area contributed by atoms with E-state index in [1.165, 1.54) is 42.0 Å². The summed E-state index contributed by atoms with van der Waals surface area (Å²) in [5.74, 6) is 1.10. The molecule has 2 aliphatic heterocycles. The molecule has 300 valence electrons. The molecule has 56 heavy (non-hydrogen) atoms. The summed E-state index contributed by atoms with van der Waals surface area (Å²) in [4.78, 5) is 25.8. The van der Waals surface area contributed by atoms with Crippen molar-refractivity contribution in [2.45, 2.75) is 89.6 Å². The van der Waals surface area contributed by atoms with E-state index in [2.05, 4.69) is 64.5 Å². The molecule has 2 aliphatic rings. The number of hydrogen-bond donors (Lipinski definition) is 6. The van der Waals surface area contributed by atoms with Crippen LogP contribution in [0.3, 0.4) is 0 Å². The number of aromatic hydroxyl groups is 1. The van der Waals surface area contributed by atoms with Gasteiger partial charge in [0.05, 0.1) is 12.6 Å². The minimum Gasteiger partial charge on any atom is -0.504 e. The molecule has 0 spiro atoms. The Morgan fingerprint density at radius 1 is 0.929 bits per heavy atom. The molecule has 0 radical (unpaired) electrons. The fourth-order valence-corrected chi connectivity index (χ4v) is 8.06. The summed E-state index contributed by atoms with van der Waals surface area (Å²) in [5, 5.41) is 30.2. The first-order valence-corrected chi connectivity index (χ1v) is 20.5. The average molecular weight is 763 g/mol. The maximum atomic E-state index is 13.0. The lowest BCUT2D eigenvalue weighted by Gasteiger charge is -2.30. The summed E-state index contributed by atoms with van der Waals surface area (Å²) >= 11 is 0. The van der Waals surface area contributed by atoms with Crippen molar-refractivity contribution in [3.63, 3.8) is 0 Å². The highest BCUT2D eigenvalue weighted by Gasteiger charge is 2.23. The van der Waals surface area contributed by atoms with Gasteiger partial charge in [0.1, 0.15) is 5.78 Å². The van der Waals surface area contributed by atoms with Crippen LogP contribution in [0.1, 0.15) is 85.6 Å². The van der Waals surface area contributed by atoms with Crippen molar-refractivity contribution in [1.82, 2.24) is 16.0 Å². The van der Waals surface area contributed by atoms with Gasteiger partial charge in [-0.3, -0.25) is 9.59 Å². The summed E-state index contributed by atoms with van der Waals surface area (Å²) in [7, 11) is 2.02. The molecule has 0 aromatic heterocycles. The summed E-state index contributed by atoms with van der Waals surface area (Å²) in [6.07, 6.45) is 17.6. The monoisotopic (exact) mass is 762 g/mol. The molecule has 2 atom stereocenters. The highest BCUT2D eigenvalue weighted by atomic mass is 16.6. The Balaban J connectivity index is 1.16. The summed E-state index contributed by atoms with van der Waals surface area (Å²) in [6.45, 7) is 2.63. The number of dihydropyridines is 1. The van der Waals surface area contributed by atoms with Gasteiger partial charge in [-0.05, 0) is 160 Å². The average Bonchev–Trinajstić information content (AvgIpc) is 3.21. The number of carbonyl (C=O) groups excluding carboxylic acids is 2. The first-order valence-electron chi connectivity index (χ1n) is 20.5. The number of Topliss-reactive ketones (excluding diaryl/α,β-unsaturated/α-hetero) is 1. The number of aryl methyl sites for hydroxylation is 3. The quantitative estimate of drug-likeness (QED) is 0.0269. The molecule has 1 unspecified atom stereocenters. The molecule has 9 heteroatoms. The van der Waals surface area contributed by atoms with Crippen LogP contribution < -0.4 is 26.4 Å². The van der Waals surface area contributed by atoms with E-state index in [1.807, 2.05) is 25.4 Å². The number of nitrogens with two attached hydrogens (primary N) is 1. The predicted molar refractivity (Wildman–Crippen MR) is 225 cm³/mol. The van der Waals surface area contributed by atoms with E-state index < -0.39 is 6.79 Å². The van der Waals surface area contributed by atoms with Crippen molar-refractivity contribution in [2.75, 3.05) is 33.5 Å². The summed E-state index contributed by atoms with van der Waals surface area (Å²) < 4.78 is 5.27. The van der Waals surface area contributed by atoms with Gasteiger partial charge in [0.2, 0.25) is 0 Å². The van der Waals surface area contributed by atoms with E-state index in [0.29, 0.717) is 24.3 Å². The maximum Gasteiger partial charge on any atom is 0.186 e. The molecule has 3 aromatic carbocycles. The molecule has 0 amide bonds. The van der Waals surface area contributed by atoms with E-state index in [1.54, 1.807) is 18.2 Å². The number of aliphatic hydroxyl groups is 1. The number of nitrogens with one attached hydrogen (secondary N) is 3. The zero-order valence-electron chi connectivity index (χ0n) is 33.1. The second-order valence-corrected chi connectivity index (χ2v) is 15.3. The van der Waals surface area contributed by atoms with Crippen molar-refractivity contribution in [3.8, 4) is 11.5 Å². The number of piperidine rings is 1. The number of ether oxygens (including phenoxy) is 1. The maximum absolute atomic E-state index is 13.0. The van der Waals surface area contributed by atoms with Crippen molar-refractivity contribution < 1.29 is 24.5 Å². The van der Waals surface area contributed by atoms with Gasteiger partial charge >= 0.3 is 0 Å². The highest BCUT2D eigenvalue weighted by molar-refractivity contribution is 6.06. The van der Waals surface area contributed by atoms with E-state index in [0.717, 1.165) is 87.2 Å². The van der Waals surface area contributed by atoms with Gasteiger partial charge in [-0.2, -0.15) is 0 Å². The number of phenolic OH excluding ortho intramolecular Hbond substituents is 1. The molecule has 2 heterocycles. The Morgan fingerprint density at radius 3 is 2.41 bits per heavy atom. The van der Waals surface area contributed by atoms with Gasteiger partial charge in [0.25, 0.3) is 0 Å². The molecule has 0 saturated carbocycles. The minimum atomic E-state index is -0.606. The lowest BCUT2D eigenvalue weighted by atomic mass is 9.81. The molecule has 0 bridgehead atoms. The van der Waals surface area contributed by atoms with Crippen LogP contribution >= 0.6 is 0 Å². The van der Waals surface area contributed by atoms with Crippen LogP contribution in [0.2, 0.25) is 0 Å². The van der Waals surface area contributed by atoms with Gasteiger partial charge in [0, 0.05) is 12.6 Å². The predicted octanol–water partition coefficient (Wildman–Crippen LogP) is 6.71. The standard InChI is InChI=1S/C47H62N4O5/c1-49-31-40(37-21-23-50-24-22-37)13-6-3-7-14-43(53)30-44(54)20-19-38-28-46(56-33-52)45(55)27-41(38)26-42-32-51-47(48)29-39(42)18-17-36-12-8-11-35(25-36)16-15-34-9-4-2-5-10-34/h2,4-5,8-12,19-20,25,27-29,32,37,40,47,49-52,55H,3,6-7,13-18,21-24,26,30-31,33,48H2,1H3/b20-19+/t40-,47?/m0/s1. The van der Waals surface area contributed by atoms with Crippen LogP contribution in [-0.4, -0.2) is 61.4 Å². The van der Waals surface area contributed by atoms with E-state index in [4.69, 9.17) is 10.5 Å². The molecule has 3 aromatic rings. The van der Waals surface area contributed by atoms with Gasteiger partial charge in [-0.25, -0.2) is 0 Å². The molecule has 5 rings (SSSR count). The number of aliphatic hydroxyl groups excluding tert-OH is 1. The second kappa shape index (κ2) is 22.9. The first-order chi connectivity index (χ1) is 27.3. The number of phenols is 1. The second-order valence-electron chi connectivity index (χ2n) is 15.3. The third-order valence-corrected chi connectivity index (χ3v) is 11.2. The lowest BCUT2D eigenvalue weighted by molar-refractivity contribution is -0.124. The molecular formula is C47H62N4O5. The Bertz CT molecular complexity index is 1800. The van der Waals surface area contributed by atoms with Gasteiger partial charge < -0.3 is 36.6 Å². The number of allylic oxidation sites excluding steroid dienone is 3. The molecule has 7 N–H and O–H groups in total. The number of carbonyl (C=O) groups is 2. The number of ketones is 2. The van der Waals surface area contributed by atoms with Crippen LogP contribution in [0.15, 0.2) is 96.2 Å². The largest absolute Gasteiger partial charge is 0.504 e. The first kappa shape index (κ1) is 42.6. The fraction of sp³-hybridized carbons (Fsp3) is 0.447. The normalized spacial score (nSPS) is 16.6. The van der Waals surface area contributed by atoms with Crippen LogP contribution in [0.25, 0.3) is 6.08 Å². The number of benzene rings is 3. The zero-order valence-corrected chi connectivity index (χ0v) is 33.1. The van der Waals surface area contributed by atoms with Gasteiger partial charge in [-0.15, -0.1) is 0 Å². The van der Waals surface area contributed by atoms with Crippen LogP contribution in [-0.2, 0) is 35.3 Å². The summed E-state index contributed by atoms with van der Waals surface area (Å²) in [5.41, 5.74) is 13.7. The topological polar surface area (TPSA) is 146 Å². The smallest absolute Gasteiger partial charge is 0.186 e. The SMILES string of the molecule is CNC[C@H](CCCCCC(=O)CC(=O)/C=C/c1cc(OCO)c(O)cc1CC1=CNC(N)C=C1CCc1cccc(CCc2ccccc2)c1)C1CCNCC1. The molecule has 9 nitrogen and oxygen atoms in total. The third kappa shape index (κ3) is 13.9. The Morgan fingerprint density at radius 2 is 1.66 bits per heavy atom. The van der Waals surface area contributed by atoms with Crippen molar-refractivity contribution in [2.24, 2.45) is 17.6 Å². The van der Waals surface area contributed by atoms with E-state index in [9.17, 15) is 19.8 Å². The van der Waals surface area contributed by atoms with Crippen molar-refractivity contribution in [3.05, 3.63) is 124 Å².